The van der Waals surface area contributed by atoms with E-state index in [0.29, 0.717) is 10.8 Å². The average molecular weight is 311 g/mol. The number of aromatic nitrogens is 2. The minimum absolute atomic E-state index is 0.373. The van der Waals surface area contributed by atoms with Crippen LogP contribution in [0.15, 0.2) is 0 Å². The molecule has 1 aliphatic rings. The van der Waals surface area contributed by atoms with E-state index in [1.54, 1.807) is 0 Å². The van der Waals surface area contributed by atoms with Crippen molar-refractivity contribution in [3.8, 4) is 0 Å². The van der Waals surface area contributed by atoms with Gasteiger partial charge in [0.25, 0.3) is 0 Å². The Hall–Kier alpha value is -0.920. The van der Waals surface area contributed by atoms with Crippen molar-refractivity contribution >= 4 is 34.8 Å². The second kappa shape index (κ2) is 7.19. The molecular formula is C13H21N5S2. The molecule has 20 heavy (non-hydrogen) atoms. The van der Waals surface area contributed by atoms with Gasteiger partial charge in [-0.05, 0) is 19.4 Å². The lowest BCUT2D eigenvalue weighted by Crippen LogP contribution is -2.36. The number of hydrogen-bond donors (Lipinski definition) is 2. The topological polar surface area (TPSA) is 67.1 Å². The molecule has 0 aromatic carbocycles. The first-order valence-electron chi connectivity index (χ1n) is 6.77. The van der Waals surface area contributed by atoms with Crippen LogP contribution in [0.2, 0.25) is 0 Å². The molecule has 0 aliphatic carbocycles. The largest absolute Gasteiger partial charge is 0.389 e. The molecule has 2 rings (SSSR count). The molecule has 5 nitrogen and oxygen atoms in total. The number of anilines is 1. The maximum absolute atomic E-state index is 5.81. The molecule has 2 heterocycles. The first-order chi connectivity index (χ1) is 9.59. The number of thiocarbonyl (C=S) groups is 1. The van der Waals surface area contributed by atoms with Gasteiger partial charge in [-0.15, -0.1) is 5.10 Å². The van der Waals surface area contributed by atoms with Crippen molar-refractivity contribution in [2.75, 3.05) is 43.0 Å². The van der Waals surface area contributed by atoms with Crippen LogP contribution in [0.1, 0.15) is 16.8 Å². The molecule has 1 aromatic rings. The lowest BCUT2D eigenvalue weighted by molar-refractivity contribution is 0.314. The number of thioether (sulfide) groups is 1. The molecule has 1 aliphatic heterocycles. The third-order valence-corrected chi connectivity index (χ3v) is 4.67. The fourth-order valence-electron chi connectivity index (χ4n) is 2.19. The smallest absolute Gasteiger partial charge is 0.159 e. The zero-order valence-corrected chi connectivity index (χ0v) is 13.6. The lowest BCUT2D eigenvalue weighted by atomic mass is 10.1. The number of hydrogen-bond acceptors (Lipinski definition) is 6. The van der Waals surface area contributed by atoms with E-state index in [9.17, 15) is 0 Å². The molecule has 0 radical (unpaired) electrons. The van der Waals surface area contributed by atoms with Crippen molar-refractivity contribution in [1.29, 1.82) is 0 Å². The van der Waals surface area contributed by atoms with Crippen LogP contribution in [-0.4, -0.2) is 57.8 Å². The van der Waals surface area contributed by atoms with Crippen LogP contribution in [-0.2, 0) is 0 Å². The Bertz CT molecular complexity index is 486. The number of aryl methyl sites for hydroxylation is 1. The predicted octanol–water partition coefficient (Wildman–Crippen LogP) is 1.19. The minimum Gasteiger partial charge on any atom is -0.389 e. The SMILES string of the molecule is Cc1nnc(NCCN2CCSCC2)c(C(N)=S)c1C. The Kier molecular flexibility index (Phi) is 5.56. The first kappa shape index (κ1) is 15.5. The number of nitrogens with one attached hydrogen (secondary N) is 1. The van der Waals surface area contributed by atoms with Crippen LogP contribution < -0.4 is 11.1 Å². The molecule has 0 unspecified atom stereocenters. The summed E-state index contributed by atoms with van der Waals surface area (Å²) in [5, 5.41) is 11.7. The molecular weight excluding hydrogens is 290 g/mol. The summed E-state index contributed by atoms with van der Waals surface area (Å²) < 4.78 is 0. The molecule has 0 saturated carbocycles. The van der Waals surface area contributed by atoms with Crippen LogP contribution in [0.5, 0.6) is 0 Å². The molecule has 0 spiro atoms. The highest BCUT2D eigenvalue weighted by molar-refractivity contribution is 7.99. The van der Waals surface area contributed by atoms with Crippen molar-refractivity contribution in [3.05, 3.63) is 16.8 Å². The van der Waals surface area contributed by atoms with Crippen LogP contribution in [0.3, 0.4) is 0 Å². The fraction of sp³-hybridized carbons (Fsp3) is 0.615. The van der Waals surface area contributed by atoms with E-state index in [0.717, 1.165) is 43.0 Å². The van der Waals surface area contributed by atoms with Crippen molar-refractivity contribution in [2.45, 2.75) is 13.8 Å². The van der Waals surface area contributed by atoms with Gasteiger partial charge in [-0.25, -0.2) is 0 Å². The van der Waals surface area contributed by atoms with E-state index in [1.807, 2.05) is 25.6 Å². The Morgan fingerprint density at radius 1 is 1.35 bits per heavy atom. The van der Waals surface area contributed by atoms with E-state index < -0.39 is 0 Å². The van der Waals surface area contributed by atoms with Gasteiger partial charge in [0.2, 0.25) is 0 Å². The normalized spacial score (nSPS) is 16.1. The average Bonchev–Trinajstić information content (AvgIpc) is 2.43. The fourth-order valence-corrected chi connectivity index (χ4v) is 3.42. The third-order valence-electron chi connectivity index (χ3n) is 3.53. The molecule has 1 aromatic heterocycles. The Labute approximate surface area is 129 Å². The first-order valence-corrected chi connectivity index (χ1v) is 8.33. The van der Waals surface area contributed by atoms with E-state index >= 15 is 0 Å². The summed E-state index contributed by atoms with van der Waals surface area (Å²) in [4.78, 5) is 2.83. The van der Waals surface area contributed by atoms with E-state index in [1.165, 1.54) is 11.5 Å². The monoisotopic (exact) mass is 311 g/mol. The Balaban J connectivity index is 1.98. The van der Waals surface area contributed by atoms with Gasteiger partial charge in [-0.1, -0.05) is 12.2 Å². The standard InChI is InChI=1S/C13H21N5S2/c1-9-10(2)16-17-13(11(9)12(14)19)15-3-4-18-5-7-20-8-6-18/h3-8H2,1-2H3,(H2,14,19)(H,15,17). The number of nitrogens with zero attached hydrogens (tertiary/aromatic N) is 3. The van der Waals surface area contributed by atoms with Crippen LogP contribution >= 0.6 is 24.0 Å². The summed E-state index contributed by atoms with van der Waals surface area (Å²) in [6, 6.07) is 0. The highest BCUT2D eigenvalue weighted by atomic mass is 32.2. The van der Waals surface area contributed by atoms with Gasteiger partial charge in [-0.2, -0.15) is 16.9 Å². The zero-order chi connectivity index (χ0) is 14.5. The van der Waals surface area contributed by atoms with Crippen molar-refractivity contribution in [3.63, 3.8) is 0 Å². The molecule has 7 heteroatoms. The molecule has 1 saturated heterocycles. The van der Waals surface area contributed by atoms with Gasteiger partial charge in [0, 0.05) is 37.7 Å². The summed E-state index contributed by atoms with van der Waals surface area (Å²) >= 11 is 7.15. The van der Waals surface area contributed by atoms with Crippen LogP contribution in [0.4, 0.5) is 5.82 Å². The van der Waals surface area contributed by atoms with Crippen molar-refractivity contribution < 1.29 is 0 Å². The van der Waals surface area contributed by atoms with Gasteiger partial charge in [0.05, 0.1) is 11.3 Å². The summed E-state index contributed by atoms with van der Waals surface area (Å²) in [7, 11) is 0. The minimum atomic E-state index is 0.373. The zero-order valence-electron chi connectivity index (χ0n) is 12.0. The molecule has 1 fully saturated rings. The summed E-state index contributed by atoms with van der Waals surface area (Å²) in [5.41, 5.74) is 8.50. The van der Waals surface area contributed by atoms with Gasteiger partial charge in [0.15, 0.2) is 5.82 Å². The predicted molar refractivity (Wildman–Crippen MR) is 89.6 cm³/mol. The molecule has 110 valence electrons. The van der Waals surface area contributed by atoms with E-state index in [2.05, 4.69) is 20.4 Å². The number of nitrogens with two attached hydrogens (primary N) is 1. The van der Waals surface area contributed by atoms with Gasteiger partial charge < -0.3 is 11.1 Å². The van der Waals surface area contributed by atoms with Crippen LogP contribution in [0, 0.1) is 13.8 Å². The van der Waals surface area contributed by atoms with Crippen LogP contribution in [0.25, 0.3) is 0 Å². The molecule has 0 atom stereocenters. The summed E-state index contributed by atoms with van der Waals surface area (Å²) in [6.45, 7) is 8.05. The van der Waals surface area contributed by atoms with Gasteiger partial charge in [0.1, 0.15) is 4.99 Å². The van der Waals surface area contributed by atoms with E-state index in [-0.39, 0.29) is 0 Å². The van der Waals surface area contributed by atoms with E-state index in [4.69, 9.17) is 18.0 Å². The lowest BCUT2D eigenvalue weighted by Gasteiger charge is -2.26. The van der Waals surface area contributed by atoms with Gasteiger partial charge >= 0.3 is 0 Å². The summed E-state index contributed by atoms with van der Waals surface area (Å²) in [5.74, 6) is 3.15. The number of rotatable bonds is 5. The molecule has 3 N–H and O–H groups in total. The Morgan fingerprint density at radius 2 is 2.05 bits per heavy atom. The van der Waals surface area contributed by atoms with Crippen molar-refractivity contribution in [2.24, 2.45) is 5.73 Å². The highest BCUT2D eigenvalue weighted by Crippen LogP contribution is 2.18. The third kappa shape index (κ3) is 3.80. The quantitative estimate of drug-likeness (QED) is 0.792. The maximum atomic E-state index is 5.81. The molecule has 0 bridgehead atoms. The van der Waals surface area contributed by atoms with Crippen molar-refractivity contribution in [1.82, 2.24) is 15.1 Å². The highest BCUT2D eigenvalue weighted by Gasteiger charge is 2.14. The van der Waals surface area contributed by atoms with Gasteiger partial charge in [-0.3, -0.25) is 4.90 Å². The second-order valence-corrected chi connectivity index (χ2v) is 6.54. The summed E-state index contributed by atoms with van der Waals surface area (Å²) in [6.07, 6.45) is 0. The Morgan fingerprint density at radius 3 is 2.70 bits per heavy atom. The molecule has 0 amide bonds. The maximum Gasteiger partial charge on any atom is 0.159 e. The second-order valence-electron chi connectivity index (χ2n) is 4.88.